The number of carbonyl (C=O) groups excluding carboxylic acids is 1. The van der Waals surface area contributed by atoms with E-state index in [0.29, 0.717) is 11.1 Å². The number of non-ortho nitro benzene ring substituents is 1. The molecule has 1 aromatic heterocycles. The normalized spacial score (nSPS) is 10.5. The third-order valence-corrected chi connectivity index (χ3v) is 3.68. The molecule has 0 saturated carbocycles. The minimum atomic E-state index is -0.560. The lowest BCUT2D eigenvalue weighted by atomic mass is 10.1. The van der Waals surface area contributed by atoms with Gasteiger partial charge in [0.05, 0.1) is 10.4 Å². The Kier molecular flexibility index (Phi) is 3.83. The molecular formula is C17H13N3O4. The second kappa shape index (κ2) is 5.96. The van der Waals surface area contributed by atoms with Gasteiger partial charge in [0.15, 0.2) is 0 Å². The molecule has 0 aliphatic rings. The van der Waals surface area contributed by atoms with E-state index in [-0.39, 0.29) is 16.7 Å². The second-order valence-corrected chi connectivity index (χ2v) is 5.26. The molecule has 1 N–H and O–H groups in total. The summed E-state index contributed by atoms with van der Waals surface area (Å²) in [6.45, 7) is 0. The Hall–Kier alpha value is -3.48. The molecule has 0 unspecified atom stereocenters. The predicted octanol–water partition coefficient (Wildman–Crippen LogP) is 2.70. The van der Waals surface area contributed by atoms with Gasteiger partial charge in [-0.2, -0.15) is 0 Å². The molecular weight excluding hydrogens is 310 g/mol. The van der Waals surface area contributed by atoms with Gasteiger partial charge in [0, 0.05) is 36.5 Å². The highest BCUT2D eigenvalue weighted by Crippen LogP contribution is 2.16. The van der Waals surface area contributed by atoms with Gasteiger partial charge in [0.1, 0.15) is 5.56 Å². The lowest BCUT2D eigenvalue weighted by molar-refractivity contribution is -0.384. The Bertz CT molecular complexity index is 1010. The fourth-order valence-electron chi connectivity index (χ4n) is 2.47. The summed E-state index contributed by atoms with van der Waals surface area (Å²) in [6.07, 6.45) is 1.48. The topological polar surface area (TPSA) is 94.2 Å². The number of nitrogens with zero attached hydrogens (tertiary/aromatic N) is 2. The number of para-hydroxylation sites is 1. The van der Waals surface area contributed by atoms with Crippen LogP contribution in [0.25, 0.3) is 10.9 Å². The summed E-state index contributed by atoms with van der Waals surface area (Å²) in [5, 5.41) is 13.7. The zero-order valence-electron chi connectivity index (χ0n) is 12.7. The molecule has 120 valence electrons. The molecule has 0 aliphatic carbocycles. The number of fused-ring (bicyclic) bond motifs is 1. The van der Waals surface area contributed by atoms with E-state index in [2.05, 4.69) is 5.32 Å². The molecule has 3 aromatic rings. The van der Waals surface area contributed by atoms with Gasteiger partial charge >= 0.3 is 0 Å². The first-order valence-electron chi connectivity index (χ1n) is 7.11. The number of anilines is 1. The number of aryl methyl sites for hydroxylation is 1. The van der Waals surface area contributed by atoms with E-state index in [1.165, 1.54) is 30.5 Å². The molecule has 7 heteroatoms. The van der Waals surface area contributed by atoms with E-state index in [4.69, 9.17) is 0 Å². The van der Waals surface area contributed by atoms with Crippen LogP contribution in [0.4, 0.5) is 11.4 Å². The van der Waals surface area contributed by atoms with Crippen molar-refractivity contribution in [3.05, 3.63) is 80.6 Å². The third-order valence-electron chi connectivity index (χ3n) is 3.68. The lowest BCUT2D eigenvalue weighted by Gasteiger charge is -2.09. The van der Waals surface area contributed by atoms with Gasteiger partial charge in [-0.05, 0) is 24.3 Å². The average molecular weight is 323 g/mol. The molecule has 0 aliphatic heterocycles. The number of carbonyl (C=O) groups is 1. The van der Waals surface area contributed by atoms with Crippen molar-refractivity contribution in [3.63, 3.8) is 0 Å². The van der Waals surface area contributed by atoms with Gasteiger partial charge in [-0.1, -0.05) is 12.1 Å². The maximum Gasteiger partial charge on any atom is 0.269 e. The van der Waals surface area contributed by atoms with Crippen LogP contribution in [0, 0.1) is 10.1 Å². The van der Waals surface area contributed by atoms with Crippen LogP contribution >= 0.6 is 0 Å². The molecule has 1 amide bonds. The molecule has 7 nitrogen and oxygen atoms in total. The van der Waals surface area contributed by atoms with Crippen LogP contribution in [0.15, 0.2) is 59.5 Å². The monoisotopic (exact) mass is 323 g/mol. The van der Waals surface area contributed by atoms with E-state index in [1.807, 2.05) is 6.07 Å². The Morgan fingerprint density at radius 2 is 1.79 bits per heavy atom. The number of benzene rings is 2. The number of amides is 1. The van der Waals surface area contributed by atoms with Crippen molar-refractivity contribution < 1.29 is 9.72 Å². The first-order valence-corrected chi connectivity index (χ1v) is 7.11. The number of aromatic nitrogens is 1. The molecule has 0 saturated heterocycles. The summed E-state index contributed by atoms with van der Waals surface area (Å²) in [6, 6.07) is 12.4. The number of rotatable bonds is 3. The third kappa shape index (κ3) is 2.74. The number of nitro benzene ring substituents is 1. The van der Waals surface area contributed by atoms with E-state index >= 15 is 0 Å². The van der Waals surface area contributed by atoms with Crippen molar-refractivity contribution in [1.82, 2.24) is 4.57 Å². The maximum atomic E-state index is 12.5. The Morgan fingerprint density at radius 1 is 1.12 bits per heavy atom. The number of nitro groups is 1. The van der Waals surface area contributed by atoms with E-state index in [1.54, 1.807) is 29.8 Å². The molecule has 3 rings (SSSR count). The predicted molar refractivity (Wildman–Crippen MR) is 90.2 cm³/mol. The summed E-state index contributed by atoms with van der Waals surface area (Å²) in [7, 11) is 1.75. The highest BCUT2D eigenvalue weighted by atomic mass is 16.6. The minimum Gasteiger partial charge on any atom is -0.350 e. The highest BCUT2D eigenvalue weighted by Gasteiger charge is 2.15. The SMILES string of the molecule is Cn1cc(C(=O)Nc2ccc([N+](=O)[O-])cc2)c(=O)c2ccccc21. The van der Waals surface area contributed by atoms with Crippen LogP contribution < -0.4 is 10.7 Å². The zero-order chi connectivity index (χ0) is 17.3. The van der Waals surface area contributed by atoms with Crippen molar-refractivity contribution in [3.8, 4) is 0 Å². The Labute approximate surface area is 136 Å². The minimum absolute atomic E-state index is 0.00885. The summed E-state index contributed by atoms with van der Waals surface area (Å²) >= 11 is 0. The van der Waals surface area contributed by atoms with Crippen LogP contribution in [-0.2, 0) is 7.05 Å². The van der Waals surface area contributed by atoms with Crippen LogP contribution in [0.3, 0.4) is 0 Å². The molecule has 0 spiro atoms. The van der Waals surface area contributed by atoms with Crippen LogP contribution in [0.5, 0.6) is 0 Å². The first-order chi connectivity index (χ1) is 11.5. The van der Waals surface area contributed by atoms with Crippen LogP contribution in [0.2, 0.25) is 0 Å². The van der Waals surface area contributed by atoms with Crippen molar-refractivity contribution >= 4 is 28.2 Å². The van der Waals surface area contributed by atoms with Crippen LogP contribution in [0.1, 0.15) is 10.4 Å². The Balaban J connectivity index is 1.95. The van der Waals surface area contributed by atoms with Gasteiger partial charge in [-0.3, -0.25) is 19.7 Å². The summed E-state index contributed by atoms with van der Waals surface area (Å²) in [5.74, 6) is -0.560. The molecule has 1 heterocycles. The number of hydrogen-bond acceptors (Lipinski definition) is 4. The summed E-state index contributed by atoms with van der Waals surface area (Å²) in [4.78, 5) is 35.0. The van der Waals surface area contributed by atoms with Gasteiger partial charge in [-0.15, -0.1) is 0 Å². The Morgan fingerprint density at radius 3 is 2.46 bits per heavy atom. The fraction of sp³-hybridized carbons (Fsp3) is 0.0588. The van der Waals surface area contributed by atoms with E-state index in [0.717, 1.165) is 5.52 Å². The van der Waals surface area contributed by atoms with Crippen molar-refractivity contribution in [2.45, 2.75) is 0 Å². The molecule has 0 radical (unpaired) electrons. The average Bonchev–Trinajstić information content (AvgIpc) is 2.58. The molecule has 2 aromatic carbocycles. The quantitative estimate of drug-likeness (QED) is 0.592. The molecule has 24 heavy (non-hydrogen) atoms. The van der Waals surface area contributed by atoms with Crippen LogP contribution in [-0.4, -0.2) is 15.4 Å². The largest absolute Gasteiger partial charge is 0.350 e. The van der Waals surface area contributed by atoms with Gasteiger partial charge in [0.25, 0.3) is 11.6 Å². The standard InChI is InChI=1S/C17H13N3O4/c1-19-10-14(16(21)13-4-2-3-5-15(13)19)17(22)18-11-6-8-12(9-7-11)20(23)24/h2-10H,1H3,(H,18,22). The highest BCUT2D eigenvalue weighted by molar-refractivity contribution is 6.05. The number of hydrogen-bond donors (Lipinski definition) is 1. The lowest BCUT2D eigenvalue weighted by Crippen LogP contribution is -2.23. The van der Waals surface area contributed by atoms with Gasteiger partial charge < -0.3 is 9.88 Å². The van der Waals surface area contributed by atoms with Gasteiger partial charge in [-0.25, -0.2) is 0 Å². The van der Waals surface area contributed by atoms with E-state index in [9.17, 15) is 19.7 Å². The van der Waals surface area contributed by atoms with Gasteiger partial charge in [0.2, 0.25) is 5.43 Å². The van der Waals surface area contributed by atoms with E-state index < -0.39 is 10.8 Å². The summed E-state index contributed by atoms with van der Waals surface area (Å²) in [5.41, 5.74) is 0.683. The number of pyridine rings is 1. The zero-order valence-corrected chi connectivity index (χ0v) is 12.7. The fourth-order valence-corrected chi connectivity index (χ4v) is 2.47. The summed E-state index contributed by atoms with van der Waals surface area (Å²) < 4.78 is 1.71. The number of nitrogens with one attached hydrogen (secondary N) is 1. The first kappa shape index (κ1) is 15.4. The second-order valence-electron chi connectivity index (χ2n) is 5.26. The molecule has 0 bridgehead atoms. The molecule has 0 fully saturated rings. The molecule has 0 atom stereocenters. The smallest absolute Gasteiger partial charge is 0.269 e. The van der Waals surface area contributed by atoms with Crippen molar-refractivity contribution in [2.24, 2.45) is 7.05 Å². The van der Waals surface area contributed by atoms with Crippen molar-refractivity contribution in [2.75, 3.05) is 5.32 Å². The van der Waals surface area contributed by atoms with Crippen molar-refractivity contribution in [1.29, 1.82) is 0 Å². The maximum absolute atomic E-state index is 12.5.